The number of carbonyl (C=O) groups is 3. The van der Waals surface area contributed by atoms with E-state index in [2.05, 4.69) is 5.32 Å². The van der Waals surface area contributed by atoms with E-state index in [1.165, 1.54) is 0 Å². The lowest BCUT2D eigenvalue weighted by atomic mass is 9.78. The first-order valence-corrected chi connectivity index (χ1v) is 13.1. The zero-order valence-electron chi connectivity index (χ0n) is 21.8. The Bertz CT molecular complexity index is 1080. The molecule has 2 fully saturated rings. The van der Waals surface area contributed by atoms with Gasteiger partial charge in [-0.25, -0.2) is 4.79 Å². The topological polar surface area (TPSA) is 88.2 Å². The van der Waals surface area contributed by atoms with Crippen LogP contribution in [0, 0.1) is 12.3 Å². The molecule has 2 saturated heterocycles. The van der Waals surface area contributed by atoms with Crippen LogP contribution in [0.5, 0.6) is 5.75 Å². The Kier molecular flexibility index (Phi) is 8.69. The lowest BCUT2D eigenvalue weighted by Crippen LogP contribution is -2.50. The number of aryl methyl sites for hydroxylation is 1. The number of piperidine rings is 1. The Balaban J connectivity index is 1.31. The fourth-order valence-corrected chi connectivity index (χ4v) is 5.30. The van der Waals surface area contributed by atoms with E-state index >= 15 is 0 Å². The van der Waals surface area contributed by atoms with Crippen molar-refractivity contribution in [1.29, 1.82) is 0 Å². The van der Waals surface area contributed by atoms with Gasteiger partial charge in [-0.15, -0.1) is 0 Å². The Morgan fingerprint density at radius 2 is 1.59 bits per heavy atom. The summed E-state index contributed by atoms with van der Waals surface area (Å²) in [6.45, 7) is 6.59. The molecule has 0 saturated carbocycles. The van der Waals surface area contributed by atoms with Gasteiger partial charge in [0.05, 0.1) is 6.61 Å². The molecule has 1 N–H and O–H groups in total. The fourth-order valence-electron chi connectivity index (χ4n) is 5.30. The average Bonchev–Trinajstić information content (AvgIpc) is 3.31. The molecule has 2 aliphatic rings. The second-order valence-electron chi connectivity index (χ2n) is 10.1. The van der Waals surface area contributed by atoms with Crippen molar-refractivity contribution in [1.82, 2.24) is 15.1 Å². The van der Waals surface area contributed by atoms with E-state index in [0.29, 0.717) is 32.6 Å². The summed E-state index contributed by atoms with van der Waals surface area (Å²) >= 11 is 0. The summed E-state index contributed by atoms with van der Waals surface area (Å²) in [5.41, 5.74) is 1.99. The Hall–Kier alpha value is -3.55. The molecule has 0 aliphatic carbocycles. The Labute approximate surface area is 218 Å². The van der Waals surface area contributed by atoms with E-state index in [0.717, 1.165) is 36.1 Å². The van der Waals surface area contributed by atoms with E-state index in [-0.39, 0.29) is 30.4 Å². The van der Waals surface area contributed by atoms with Crippen LogP contribution in [0.3, 0.4) is 0 Å². The number of para-hydroxylation sites is 1. The van der Waals surface area contributed by atoms with Crippen LogP contribution in [0.4, 0.5) is 4.79 Å². The van der Waals surface area contributed by atoms with Crippen LogP contribution in [0.2, 0.25) is 0 Å². The van der Waals surface area contributed by atoms with Crippen molar-refractivity contribution in [3.63, 3.8) is 0 Å². The maximum Gasteiger partial charge on any atom is 0.407 e. The second kappa shape index (κ2) is 12.1. The summed E-state index contributed by atoms with van der Waals surface area (Å²) in [4.78, 5) is 42.2. The third-order valence-electron chi connectivity index (χ3n) is 7.52. The van der Waals surface area contributed by atoms with Crippen LogP contribution in [0.25, 0.3) is 0 Å². The molecule has 37 heavy (non-hydrogen) atoms. The van der Waals surface area contributed by atoms with Gasteiger partial charge in [-0.1, -0.05) is 48.5 Å². The van der Waals surface area contributed by atoms with Crippen molar-refractivity contribution in [3.05, 3.63) is 65.7 Å². The number of ether oxygens (including phenoxy) is 2. The Morgan fingerprint density at radius 3 is 2.27 bits per heavy atom. The van der Waals surface area contributed by atoms with Gasteiger partial charge in [0.15, 0.2) is 6.61 Å². The molecule has 3 amide bonds. The molecule has 4 rings (SSSR count). The van der Waals surface area contributed by atoms with Gasteiger partial charge in [0.1, 0.15) is 11.8 Å². The number of rotatable bonds is 8. The van der Waals surface area contributed by atoms with E-state index in [9.17, 15) is 14.4 Å². The molecule has 0 bridgehead atoms. The number of hydrogen-bond donors (Lipinski definition) is 1. The first kappa shape index (κ1) is 26.5. The number of carbonyl (C=O) groups excluding carboxylic acids is 3. The van der Waals surface area contributed by atoms with Gasteiger partial charge in [0.25, 0.3) is 5.91 Å². The minimum absolute atomic E-state index is 0.00450. The molecule has 2 aromatic rings. The number of nitrogens with one attached hydrogen (secondary N) is 1. The monoisotopic (exact) mass is 507 g/mol. The summed E-state index contributed by atoms with van der Waals surface area (Å²) in [5, 5.41) is 2.77. The molecule has 0 unspecified atom stereocenters. The zero-order chi connectivity index (χ0) is 26.3. The molecule has 198 valence electrons. The highest BCUT2D eigenvalue weighted by molar-refractivity contribution is 5.86. The van der Waals surface area contributed by atoms with Gasteiger partial charge in [-0.3, -0.25) is 9.59 Å². The number of hydrogen-bond acceptors (Lipinski definition) is 5. The molecular formula is C29H37N3O5. The predicted octanol–water partition coefficient (Wildman–Crippen LogP) is 3.57. The van der Waals surface area contributed by atoms with Crippen molar-refractivity contribution < 1.29 is 23.9 Å². The maximum atomic E-state index is 13.5. The number of nitrogens with zero attached hydrogens (tertiary/aromatic N) is 2. The highest BCUT2D eigenvalue weighted by atomic mass is 16.5. The second-order valence-corrected chi connectivity index (χ2v) is 10.1. The highest BCUT2D eigenvalue weighted by Crippen LogP contribution is 2.40. The van der Waals surface area contributed by atoms with Crippen LogP contribution in [0.1, 0.15) is 37.3 Å². The third-order valence-corrected chi connectivity index (χ3v) is 7.52. The third kappa shape index (κ3) is 6.81. The minimum Gasteiger partial charge on any atom is -0.484 e. The lowest BCUT2D eigenvalue weighted by molar-refractivity contribution is -0.136. The van der Waals surface area contributed by atoms with Crippen molar-refractivity contribution in [2.24, 2.45) is 5.41 Å². The van der Waals surface area contributed by atoms with Crippen molar-refractivity contribution in [3.8, 4) is 5.75 Å². The van der Waals surface area contributed by atoms with Gasteiger partial charge in [-0.2, -0.15) is 0 Å². The molecule has 1 atom stereocenters. The normalized spacial score (nSPS) is 17.4. The number of alkyl carbamates (subject to hydrolysis) is 1. The molecular weight excluding hydrogens is 470 g/mol. The summed E-state index contributed by atoms with van der Waals surface area (Å²) in [6, 6.07) is 16.7. The number of benzene rings is 2. The van der Waals surface area contributed by atoms with Crippen LogP contribution < -0.4 is 10.1 Å². The Morgan fingerprint density at radius 1 is 0.946 bits per heavy atom. The molecule has 0 aromatic heterocycles. The van der Waals surface area contributed by atoms with Crippen molar-refractivity contribution in [2.45, 2.75) is 45.6 Å². The standard InChI is InChI=1S/C29H37N3O5/c1-3-36-28(35)30-24(19-23-10-5-4-6-11-23)27(34)32-18-15-29(21-32)13-16-31(17-14-29)26(33)20-37-25-12-8-7-9-22(25)2/h4-12,24H,3,13-21H2,1-2H3,(H,30,35)/t24-/m0/s1. The molecule has 8 heteroatoms. The van der Waals surface area contributed by atoms with E-state index in [1.807, 2.05) is 71.3 Å². The molecule has 8 nitrogen and oxygen atoms in total. The molecule has 2 heterocycles. The van der Waals surface area contributed by atoms with Crippen LogP contribution in [-0.4, -0.2) is 73.1 Å². The van der Waals surface area contributed by atoms with Crippen molar-refractivity contribution >= 4 is 17.9 Å². The maximum absolute atomic E-state index is 13.5. The van der Waals surface area contributed by atoms with E-state index < -0.39 is 12.1 Å². The molecule has 2 aliphatic heterocycles. The number of likely N-dealkylation sites (tertiary alicyclic amines) is 2. The SMILES string of the molecule is CCOC(=O)N[C@@H](Cc1ccccc1)C(=O)N1CCC2(CCN(C(=O)COc3ccccc3C)CC2)C1. The van der Waals surface area contributed by atoms with Gasteiger partial charge in [-0.05, 0) is 55.7 Å². The van der Waals surface area contributed by atoms with Crippen molar-refractivity contribution in [2.75, 3.05) is 39.4 Å². The zero-order valence-corrected chi connectivity index (χ0v) is 21.8. The van der Waals surface area contributed by atoms with E-state index in [1.54, 1.807) is 6.92 Å². The van der Waals surface area contributed by atoms with Gasteiger partial charge in [0.2, 0.25) is 5.91 Å². The minimum atomic E-state index is -0.683. The first-order chi connectivity index (χ1) is 17.9. The van der Waals surface area contributed by atoms with E-state index in [4.69, 9.17) is 9.47 Å². The molecule has 2 aromatic carbocycles. The lowest BCUT2D eigenvalue weighted by Gasteiger charge is -2.39. The van der Waals surface area contributed by atoms with Crippen LogP contribution in [-0.2, 0) is 20.7 Å². The average molecular weight is 508 g/mol. The van der Waals surface area contributed by atoms with Gasteiger partial charge < -0.3 is 24.6 Å². The largest absolute Gasteiger partial charge is 0.484 e. The molecule has 1 spiro atoms. The fraction of sp³-hybridized carbons (Fsp3) is 0.483. The summed E-state index contributed by atoms with van der Waals surface area (Å²) < 4.78 is 10.8. The highest BCUT2D eigenvalue weighted by Gasteiger charge is 2.44. The van der Waals surface area contributed by atoms with Crippen LogP contribution >= 0.6 is 0 Å². The first-order valence-electron chi connectivity index (χ1n) is 13.1. The van der Waals surface area contributed by atoms with Crippen LogP contribution in [0.15, 0.2) is 54.6 Å². The van der Waals surface area contributed by atoms with Gasteiger partial charge >= 0.3 is 6.09 Å². The molecule has 0 radical (unpaired) electrons. The van der Waals surface area contributed by atoms with Gasteiger partial charge in [0, 0.05) is 32.6 Å². The summed E-state index contributed by atoms with van der Waals surface area (Å²) in [5.74, 6) is 0.639. The quantitative estimate of drug-likeness (QED) is 0.590. The summed E-state index contributed by atoms with van der Waals surface area (Å²) in [6.07, 6.45) is 2.43. The number of amides is 3. The predicted molar refractivity (Wildman–Crippen MR) is 140 cm³/mol. The summed E-state index contributed by atoms with van der Waals surface area (Å²) in [7, 11) is 0. The smallest absolute Gasteiger partial charge is 0.407 e.